The number of likely N-dealkylation sites (tertiary alicyclic amines) is 1. The molecule has 0 aromatic rings. The lowest BCUT2D eigenvalue weighted by Crippen LogP contribution is -2.56. The van der Waals surface area contributed by atoms with Crippen LogP contribution in [0.3, 0.4) is 0 Å². The SMILES string of the molecule is COC1CN(C(=O)OC(C)(C)C)CCC1NS(C)(=O)=O. The predicted octanol–water partition coefficient (Wildman–Crippen LogP) is 0.560. The molecular weight excluding hydrogens is 284 g/mol. The minimum absolute atomic E-state index is 0.304. The number of nitrogens with zero attached hydrogens (tertiary/aromatic N) is 1. The van der Waals surface area contributed by atoms with E-state index in [1.54, 1.807) is 25.7 Å². The number of carbonyl (C=O) groups is 1. The average Bonchev–Trinajstić information content (AvgIpc) is 2.25. The Hall–Kier alpha value is -0.860. The lowest BCUT2D eigenvalue weighted by atomic mass is 10.0. The van der Waals surface area contributed by atoms with Gasteiger partial charge < -0.3 is 14.4 Å². The first-order valence-corrected chi connectivity index (χ1v) is 8.39. The van der Waals surface area contributed by atoms with Gasteiger partial charge in [-0.25, -0.2) is 17.9 Å². The Morgan fingerprint density at radius 3 is 2.40 bits per heavy atom. The van der Waals surface area contributed by atoms with E-state index < -0.39 is 21.7 Å². The minimum atomic E-state index is -3.30. The van der Waals surface area contributed by atoms with Gasteiger partial charge in [0.15, 0.2) is 0 Å². The summed E-state index contributed by atoms with van der Waals surface area (Å²) < 4.78 is 35.7. The maximum absolute atomic E-state index is 12.0. The Labute approximate surface area is 120 Å². The third kappa shape index (κ3) is 5.64. The van der Waals surface area contributed by atoms with Crippen molar-refractivity contribution in [2.75, 3.05) is 26.5 Å². The number of hydrogen-bond donors (Lipinski definition) is 1. The molecule has 1 aliphatic rings. The molecule has 1 amide bonds. The lowest BCUT2D eigenvalue weighted by molar-refractivity contribution is -0.0148. The molecule has 2 atom stereocenters. The third-order valence-electron chi connectivity index (χ3n) is 2.88. The number of ether oxygens (including phenoxy) is 2. The first-order valence-electron chi connectivity index (χ1n) is 6.50. The van der Waals surface area contributed by atoms with E-state index in [1.807, 2.05) is 0 Å². The smallest absolute Gasteiger partial charge is 0.410 e. The average molecular weight is 308 g/mol. The summed E-state index contributed by atoms with van der Waals surface area (Å²) in [4.78, 5) is 13.5. The molecule has 0 radical (unpaired) electrons. The van der Waals surface area contributed by atoms with Gasteiger partial charge in [0.25, 0.3) is 0 Å². The van der Waals surface area contributed by atoms with Gasteiger partial charge in [-0.2, -0.15) is 0 Å². The van der Waals surface area contributed by atoms with Crippen LogP contribution in [0.4, 0.5) is 4.79 Å². The Morgan fingerprint density at radius 1 is 1.35 bits per heavy atom. The van der Waals surface area contributed by atoms with E-state index in [1.165, 1.54) is 7.11 Å². The Bertz CT molecular complexity index is 443. The van der Waals surface area contributed by atoms with E-state index in [4.69, 9.17) is 9.47 Å². The quantitative estimate of drug-likeness (QED) is 0.823. The van der Waals surface area contributed by atoms with Gasteiger partial charge in [0, 0.05) is 13.7 Å². The van der Waals surface area contributed by atoms with Crippen LogP contribution in [0.2, 0.25) is 0 Å². The van der Waals surface area contributed by atoms with Gasteiger partial charge in [0.05, 0.1) is 24.9 Å². The van der Waals surface area contributed by atoms with Crippen LogP contribution in [-0.4, -0.2) is 63.6 Å². The van der Waals surface area contributed by atoms with Crippen molar-refractivity contribution in [1.29, 1.82) is 0 Å². The van der Waals surface area contributed by atoms with Crippen LogP contribution in [0.5, 0.6) is 0 Å². The number of hydrogen-bond acceptors (Lipinski definition) is 5. The van der Waals surface area contributed by atoms with Crippen molar-refractivity contribution in [3.8, 4) is 0 Å². The third-order valence-corrected chi connectivity index (χ3v) is 3.61. The zero-order valence-electron chi connectivity index (χ0n) is 12.7. The fraction of sp³-hybridized carbons (Fsp3) is 0.917. The zero-order chi connectivity index (χ0) is 15.6. The summed E-state index contributed by atoms with van der Waals surface area (Å²) in [6, 6.07) is -0.325. The maximum atomic E-state index is 12.0. The molecule has 0 saturated carbocycles. The van der Waals surface area contributed by atoms with Crippen molar-refractivity contribution in [3.05, 3.63) is 0 Å². The fourth-order valence-electron chi connectivity index (χ4n) is 2.06. The number of nitrogens with one attached hydrogen (secondary N) is 1. The summed E-state index contributed by atoms with van der Waals surface area (Å²) in [5.74, 6) is 0. The largest absolute Gasteiger partial charge is 0.444 e. The first kappa shape index (κ1) is 17.2. The molecule has 0 aromatic heterocycles. The van der Waals surface area contributed by atoms with Crippen LogP contribution in [0.25, 0.3) is 0 Å². The molecule has 8 heteroatoms. The van der Waals surface area contributed by atoms with Gasteiger partial charge in [0.1, 0.15) is 5.60 Å². The van der Waals surface area contributed by atoms with Crippen molar-refractivity contribution in [3.63, 3.8) is 0 Å². The number of sulfonamides is 1. The van der Waals surface area contributed by atoms with Crippen LogP contribution < -0.4 is 4.72 Å². The second kappa shape index (κ2) is 6.28. The van der Waals surface area contributed by atoms with Gasteiger partial charge >= 0.3 is 6.09 Å². The van der Waals surface area contributed by atoms with Gasteiger partial charge in [-0.3, -0.25) is 0 Å². The fourth-order valence-corrected chi connectivity index (χ4v) is 2.88. The van der Waals surface area contributed by atoms with Crippen molar-refractivity contribution >= 4 is 16.1 Å². The number of carbonyl (C=O) groups excluding carboxylic acids is 1. The highest BCUT2D eigenvalue weighted by molar-refractivity contribution is 7.88. The molecule has 20 heavy (non-hydrogen) atoms. The molecule has 1 saturated heterocycles. The molecule has 2 unspecified atom stereocenters. The second-order valence-electron chi connectivity index (χ2n) is 5.99. The highest BCUT2D eigenvalue weighted by Gasteiger charge is 2.34. The molecule has 1 heterocycles. The number of piperidine rings is 1. The summed E-state index contributed by atoms with van der Waals surface area (Å²) >= 11 is 0. The van der Waals surface area contributed by atoms with Crippen LogP contribution in [0.15, 0.2) is 0 Å². The number of methoxy groups -OCH3 is 1. The number of amides is 1. The Balaban J connectivity index is 2.65. The molecular formula is C12H24N2O5S. The van der Waals surface area contributed by atoms with E-state index >= 15 is 0 Å². The summed E-state index contributed by atoms with van der Waals surface area (Å²) in [5, 5.41) is 0. The van der Waals surface area contributed by atoms with E-state index in [2.05, 4.69) is 4.72 Å². The van der Waals surface area contributed by atoms with E-state index in [9.17, 15) is 13.2 Å². The summed E-state index contributed by atoms with van der Waals surface area (Å²) in [5.41, 5.74) is -0.554. The molecule has 0 spiro atoms. The van der Waals surface area contributed by atoms with E-state index in [-0.39, 0.29) is 12.1 Å². The van der Waals surface area contributed by atoms with Crippen molar-refractivity contribution in [2.45, 2.75) is 44.9 Å². The van der Waals surface area contributed by atoms with Gasteiger partial charge in [-0.05, 0) is 27.2 Å². The second-order valence-corrected chi connectivity index (χ2v) is 7.77. The molecule has 0 bridgehead atoms. The Kier molecular flexibility index (Phi) is 5.39. The molecule has 1 N–H and O–H groups in total. The lowest BCUT2D eigenvalue weighted by Gasteiger charge is -2.38. The maximum Gasteiger partial charge on any atom is 0.410 e. The van der Waals surface area contributed by atoms with Crippen molar-refractivity contribution in [2.24, 2.45) is 0 Å². The highest BCUT2D eigenvalue weighted by atomic mass is 32.2. The van der Waals surface area contributed by atoms with Gasteiger partial charge in [-0.15, -0.1) is 0 Å². The Morgan fingerprint density at radius 2 is 1.95 bits per heavy atom. The first-order chi connectivity index (χ1) is 9.02. The highest BCUT2D eigenvalue weighted by Crippen LogP contribution is 2.18. The minimum Gasteiger partial charge on any atom is -0.444 e. The van der Waals surface area contributed by atoms with Crippen molar-refractivity contribution in [1.82, 2.24) is 9.62 Å². The molecule has 118 valence electrons. The van der Waals surface area contributed by atoms with Crippen LogP contribution in [0.1, 0.15) is 27.2 Å². The van der Waals surface area contributed by atoms with Crippen LogP contribution >= 0.6 is 0 Å². The molecule has 0 aromatic carbocycles. The number of rotatable bonds is 3. The van der Waals surface area contributed by atoms with Crippen molar-refractivity contribution < 1.29 is 22.7 Å². The standard InChI is InChI=1S/C12H24N2O5S/c1-12(2,3)19-11(15)14-7-6-9(10(8-14)18-4)13-20(5,16)17/h9-10,13H,6-8H2,1-5H3. The monoisotopic (exact) mass is 308 g/mol. The topological polar surface area (TPSA) is 84.9 Å². The van der Waals surface area contributed by atoms with Crippen LogP contribution in [-0.2, 0) is 19.5 Å². The normalized spacial score (nSPS) is 24.6. The summed E-state index contributed by atoms with van der Waals surface area (Å²) in [7, 11) is -1.80. The van der Waals surface area contributed by atoms with Crippen LogP contribution in [0, 0.1) is 0 Å². The zero-order valence-corrected chi connectivity index (χ0v) is 13.5. The molecule has 7 nitrogen and oxygen atoms in total. The molecule has 1 rings (SSSR count). The predicted molar refractivity (Wildman–Crippen MR) is 75.0 cm³/mol. The molecule has 0 aliphatic carbocycles. The van der Waals surface area contributed by atoms with E-state index in [0.29, 0.717) is 19.5 Å². The van der Waals surface area contributed by atoms with Gasteiger partial charge in [-0.1, -0.05) is 0 Å². The van der Waals surface area contributed by atoms with E-state index in [0.717, 1.165) is 6.26 Å². The molecule has 1 aliphatic heterocycles. The summed E-state index contributed by atoms with van der Waals surface area (Å²) in [6.45, 7) is 6.14. The summed E-state index contributed by atoms with van der Waals surface area (Å²) in [6.07, 6.45) is 0.813. The van der Waals surface area contributed by atoms with Gasteiger partial charge in [0.2, 0.25) is 10.0 Å². The molecule has 1 fully saturated rings.